The first-order chi connectivity index (χ1) is 11.6. The van der Waals surface area contributed by atoms with E-state index in [2.05, 4.69) is 43.4 Å². The minimum Gasteiger partial charge on any atom is -0.508 e. The molecule has 0 unspecified atom stereocenters. The maximum Gasteiger partial charge on any atom is 0.234 e. The van der Waals surface area contributed by atoms with Gasteiger partial charge in [0.15, 0.2) is 0 Å². The van der Waals surface area contributed by atoms with Gasteiger partial charge < -0.3 is 10.4 Å². The van der Waals surface area contributed by atoms with E-state index < -0.39 is 0 Å². The van der Waals surface area contributed by atoms with Gasteiger partial charge in [0.05, 0.1) is 17.1 Å². The number of aromatic nitrogens is 4. The second-order valence-electron chi connectivity index (χ2n) is 4.71. The van der Waals surface area contributed by atoms with E-state index >= 15 is 0 Å². The van der Waals surface area contributed by atoms with E-state index in [4.69, 9.17) is 0 Å². The Kier molecular flexibility index (Phi) is 5.30. The number of phenolic OH excluding ortho intramolecular Hbond substituents is 1. The molecule has 122 valence electrons. The third-order valence-corrected chi connectivity index (χ3v) is 4.88. The van der Waals surface area contributed by atoms with Crippen LogP contribution < -0.4 is 5.32 Å². The molecule has 7 nitrogen and oxygen atoms in total. The Bertz CT molecular complexity index is 853. The van der Waals surface area contributed by atoms with E-state index in [1.165, 1.54) is 16.4 Å². The van der Waals surface area contributed by atoms with Crippen molar-refractivity contribution in [3.8, 4) is 11.4 Å². The number of benzene rings is 2. The SMILES string of the molecule is O=C(CSc1nnnn1-c1ccc(O)cc1)Nc1ccccc1I. The highest BCUT2D eigenvalue weighted by Gasteiger charge is 2.12. The number of anilines is 1. The predicted octanol–water partition coefficient (Wildman–Crippen LogP) is 2.70. The van der Waals surface area contributed by atoms with E-state index in [0.29, 0.717) is 10.8 Å². The second kappa shape index (κ2) is 7.62. The van der Waals surface area contributed by atoms with Crippen LogP contribution in [0.3, 0.4) is 0 Å². The fourth-order valence-corrected chi connectivity index (χ4v) is 3.12. The molecule has 3 aromatic rings. The number of amides is 1. The Labute approximate surface area is 155 Å². The van der Waals surface area contributed by atoms with Gasteiger partial charge in [-0.3, -0.25) is 4.79 Å². The summed E-state index contributed by atoms with van der Waals surface area (Å²) in [6, 6.07) is 14.1. The number of tetrazole rings is 1. The van der Waals surface area contributed by atoms with Crippen molar-refractivity contribution in [2.24, 2.45) is 0 Å². The Morgan fingerprint density at radius 1 is 1.21 bits per heavy atom. The lowest BCUT2D eigenvalue weighted by Crippen LogP contribution is -2.15. The molecule has 0 saturated carbocycles. The fourth-order valence-electron chi connectivity index (χ4n) is 1.90. The predicted molar refractivity (Wildman–Crippen MR) is 99.3 cm³/mol. The van der Waals surface area contributed by atoms with Crippen molar-refractivity contribution in [3.63, 3.8) is 0 Å². The molecule has 1 heterocycles. The first-order valence-corrected chi connectivity index (χ1v) is 8.95. The van der Waals surface area contributed by atoms with Crippen LogP contribution >= 0.6 is 34.4 Å². The quantitative estimate of drug-likeness (QED) is 0.456. The summed E-state index contributed by atoms with van der Waals surface area (Å²) in [6.07, 6.45) is 0. The summed E-state index contributed by atoms with van der Waals surface area (Å²) < 4.78 is 2.49. The highest BCUT2D eigenvalue weighted by atomic mass is 127. The molecule has 1 aromatic heterocycles. The van der Waals surface area contributed by atoms with Crippen LogP contribution in [0.15, 0.2) is 53.7 Å². The summed E-state index contributed by atoms with van der Waals surface area (Å²) in [7, 11) is 0. The molecule has 24 heavy (non-hydrogen) atoms. The number of rotatable bonds is 5. The van der Waals surface area contributed by atoms with E-state index in [0.717, 1.165) is 9.26 Å². The van der Waals surface area contributed by atoms with E-state index in [-0.39, 0.29) is 17.4 Å². The van der Waals surface area contributed by atoms with Crippen LogP contribution in [-0.2, 0) is 4.79 Å². The molecular weight excluding hydrogens is 441 g/mol. The maximum absolute atomic E-state index is 12.1. The topological polar surface area (TPSA) is 92.9 Å². The Morgan fingerprint density at radius 3 is 2.71 bits per heavy atom. The number of carbonyl (C=O) groups excluding carboxylic acids is 1. The highest BCUT2D eigenvalue weighted by molar-refractivity contribution is 14.1. The normalized spacial score (nSPS) is 10.5. The smallest absolute Gasteiger partial charge is 0.234 e. The van der Waals surface area contributed by atoms with Gasteiger partial charge in [0, 0.05) is 3.57 Å². The van der Waals surface area contributed by atoms with Crippen molar-refractivity contribution >= 4 is 45.9 Å². The number of carbonyl (C=O) groups is 1. The van der Waals surface area contributed by atoms with Crippen LogP contribution in [0.2, 0.25) is 0 Å². The summed E-state index contributed by atoms with van der Waals surface area (Å²) >= 11 is 3.41. The Morgan fingerprint density at radius 2 is 1.96 bits per heavy atom. The van der Waals surface area contributed by atoms with Crippen molar-refractivity contribution < 1.29 is 9.90 Å². The Hall–Kier alpha value is -2.14. The van der Waals surface area contributed by atoms with Crippen LogP contribution in [0, 0.1) is 3.57 Å². The Balaban J connectivity index is 1.65. The number of para-hydroxylation sites is 1. The second-order valence-corrected chi connectivity index (χ2v) is 6.81. The van der Waals surface area contributed by atoms with Crippen LogP contribution in [0.4, 0.5) is 5.69 Å². The highest BCUT2D eigenvalue weighted by Crippen LogP contribution is 2.21. The summed E-state index contributed by atoms with van der Waals surface area (Å²) in [5.74, 6) is 0.214. The molecular formula is C15H12IN5O2S. The van der Waals surface area contributed by atoms with Gasteiger partial charge in [-0.15, -0.1) is 5.10 Å². The number of aromatic hydroxyl groups is 1. The van der Waals surface area contributed by atoms with Crippen molar-refractivity contribution in [2.45, 2.75) is 5.16 Å². The molecule has 0 atom stereocenters. The largest absolute Gasteiger partial charge is 0.508 e. The third-order valence-electron chi connectivity index (χ3n) is 3.02. The molecule has 0 aliphatic carbocycles. The van der Waals surface area contributed by atoms with Crippen molar-refractivity contribution in [3.05, 3.63) is 52.1 Å². The number of nitrogens with zero attached hydrogens (tertiary/aromatic N) is 4. The average molecular weight is 453 g/mol. The monoisotopic (exact) mass is 453 g/mol. The number of hydrogen-bond donors (Lipinski definition) is 2. The zero-order valence-electron chi connectivity index (χ0n) is 12.3. The van der Waals surface area contributed by atoms with E-state index in [1.807, 2.05) is 24.3 Å². The molecule has 0 radical (unpaired) electrons. The molecule has 9 heteroatoms. The molecule has 3 rings (SSSR count). The number of thioether (sulfide) groups is 1. The van der Waals surface area contributed by atoms with Gasteiger partial charge in [0.2, 0.25) is 11.1 Å². The van der Waals surface area contributed by atoms with Gasteiger partial charge in [0.25, 0.3) is 0 Å². The minimum absolute atomic E-state index is 0.135. The lowest BCUT2D eigenvalue weighted by molar-refractivity contribution is -0.113. The molecule has 0 aliphatic rings. The van der Waals surface area contributed by atoms with Gasteiger partial charge in [-0.2, -0.15) is 4.68 Å². The zero-order chi connectivity index (χ0) is 16.9. The summed E-state index contributed by atoms with van der Waals surface area (Å²) in [6.45, 7) is 0. The van der Waals surface area contributed by atoms with Gasteiger partial charge >= 0.3 is 0 Å². The summed E-state index contributed by atoms with van der Waals surface area (Å²) in [5.41, 5.74) is 1.49. The van der Waals surface area contributed by atoms with Crippen LogP contribution in [0.5, 0.6) is 5.75 Å². The van der Waals surface area contributed by atoms with E-state index in [1.54, 1.807) is 24.3 Å². The molecule has 0 bridgehead atoms. The lowest BCUT2D eigenvalue weighted by atomic mass is 10.3. The maximum atomic E-state index is 12.1. The minimum atomic E-state index is -0.135. The molecule has 0 spiro atoms. The van der Waals surface area contributed by atoms with Crippen molar-refractivity contribution in [1.29, 1.82) is 0 Å². The average Bonchev–Trinajstić information content (AvgIpc) is 3.04. The summed E-state index contributed by atoms with van der Waals surface area (Å²) in [4.78, 5) is 12.1. The molecule has 0 fully saturated rings. The molecule has 1 amide bonds. The first-order valence-electron chi connectivity index (χ1n) is 6.88. The molecule has 2 N–H and O–H groups in total. The standard InChI is InChI=1S/C15H12IN5O2S/c16-12-3-1-2-4-13(12)17-14(23)9-24-15-18-19-20-21(15)10-5-7-11(22)8-6-10/h1-8,22H,9H2,(H,17,23). The zero-order valence-corrected chi connectivity index (χ0v) is 15.2. The molecule has 0 saturated heterocycles. The lowest BCUT2D eigenvalue weighted by Gasteiger charge is -2.07. The van der Waals surface area contributed by atoms with Crippen LogP contribution in [0.25, 0.3) is 5.69 Å². The van der Waals surface area contributed by atoms with Gasteiger partial charge in [-0.05, 0) is 69.4 Å². The number of nitrogens with one attached hydrogen (secondary N) is 1. The number of hydrogen-bond acceptors (Lipinski definition) is 6. The third kappa shape index (κ3) is 4.03. The molecule has 2 aromatic carbocycles. The van der Waals surface area contributed by atoms with E-state index in [9.17, 15) is 9.90 Å². The van der Waals surface area contributed by atoms with Gasteiger partial charge in [-0.25, -0.2) is 0 Å². The van der Waals surface area contributed by atoms with Crippen molar-refractivity contribution in [1.82, 2.24) is 20.2 Å². The van der Waals surface area contributed by atoms with Gasteiger partial charge in [-0.1, -0.05) is 23.9 Å². The number of halogens is 1. The first kappa shape index (κ1) is 16.7. The van der Waals surface area contributed by atoms with Crippen molar-refractivity contribution in [2.75, 3.05) is 11.1 Å². The van der Waals surface area contributed by atoms with Gasteiger partial charge in [0.1, 0.15) is 5.75 Å². The molecule has 0 aliphatic heterocycles. The summed E-state index contributed by atoms with van der Waals surface area (Å²) in [5, 5.41) is 24.2. The number of phenols is 1. The fraction of sp³-hybridized carbons (Fsp3) is 0.0667. The van der Waals surface area contributed by atoms with Crippen LogP contribution in [0.1, 0.15) is 0 Å². The van der Waals surface area contributed by atoms with Crippen LogP contribution in [-0.4, -0.2) is 37.0 Å².